The van der Waals surface area contributed by atoms with Gasteiger partial charge in [0, 0.05) is 25.9 Å². The molecule has 0 saturated heterocycles. The summed E-state index contributed by atoms with van der Waals surface area (Å²) in [6.45, 7) is 4.02. The number of carbonyl (C=O) groups excluding carboxylic acids is 1. The van der Waals surface area contributed by atoms with Gasteiger partial charge >= 0.3 is 0 Å². The molecule has 0 spiro atoms. The number of nitrogens with one attached hydrogen (secondary N) is 1. The number of carbonyl (C=O) groups is 1. The summed E-state index contributed by atoms with van der Waals surface area (Å²) >= 11 is 0. The molecule has 0 atom stereocenters. The van der Waals surface area contributed by atoms with E-state index in [4.69, 9.17) is 5.84 Å². The van der Waals surface area contributed by atoms with Crippen LogP contribution in [0, 0.1) is 0 Å². The van der Waals surface area contributed by atoms with Crippen molar-refractivity contribution in [2.45, 2.75) is 19.8 Å². The second-order valence-corrected chi connectivity index (χ2v) is 5.10. The molecule has 0 radical (unpaired) electrons. The Morgan fingerprint density at radius 3 is 2.67 bits per heavy atom. The van der Waals surface area contributed by atoms with Gasteiger partial charge in [-0.05, 0) is 12.0 Å². The van der Waals surface area contributed by atoms with Crippen molar-refractivity contribution in [1.82, 2.24) is 24.6 Å². The molecule has 1 amide bonds. The first-order valence-corrected chi connectivity index (χ1v) is 6.55. The third-order valence-electron chi connectivity index (χ3n) is 3.01. The standard InChI is InChI=1S/C13H19N7O/c1-8(2)10-11(17-14)15-7-16-12(10)20-6-5-9(18-20)13(21)19(3)4/h5-8H,14H2,1-4H3,(H,15,16,17). The molecule has 0 unspecified atom stereocenters. The Bertz CT molecular complexity index is 648. The van der Waals surface area contributed by atoms with Crippen molar-refractivity contribution >= 4 is 11.7 Å². The van der Waals surface area contributed by atoms with Crippen molar-refractivity contribution < 1.29 is 4.79 Å². The van der Waals surface area contributed by atoms with Gasteiger partial charge in [0.1, 0.15) is 12.1 Å². The van der Waals surface area contributed by atoms with E-state index in [0.29, 0.717) is 17.3 Å². The summed E-state index contributed by atoms with van der Waals surface area (Å²) in [5, 5.41) is 4.29. The lowest BCUT2D eigenvalue weighted by Crippen LogP contribution is -2.22. The summed E-state index contributed by atoms with van der Waals surface area (Å²) in [7, 11) is 3.37. The van der Waals surface area contributed by atoms with Crippen LogP contribution in [0.25, 0.3) is 5.82 Å². The Labute approximate surface area is 123 Å². The van der Waals surface area contributed by atoms with Crippen LogP contribution in [0.2, 0.25) is 0 Å². The van der Waals surface area contributed by atoms with Crippen molar-refractivity contribution in [1.29, 1.82) is 0 Å². The summed E-state index contributed by atoms with van der Waals surface area (Å²) in [4.78, 5) is 21.8. The fourth-order valence-electron chi connectivity index (χ4n) is 2.00. The van der Waals surface area contributed by atoms with Gasteiger partial charge in [0.15, 0.2) is 11.5 Å². The van der Waals surface area contributed by atoms with E-state index in [1.165, 1.54) is 11.2 Å². The molecule has 2 heterocycles. The molecule has 8 heteroatoms. The zero-order valence-corrected chi connectivity index (χ0v) is 12.5. The average Bonchev–Trinajstić information content (AvgIpc) is 2.94. The first kappa shape index (κ1) is 14.9. The molecule has 3 N–H and O–H groups in total. The summed E-state index contributed by atoms with van der Waals surface area (Å²) < 4.78 is 1.56. The number of amides is 1. The quantitative estimate of drug-likeness (QED) is 0.637. The number of nitrogens with two attached hydrogens (primary N) is 1. The van der Waals surface area contributed by atoms with Gasteiger partial charge in [0.2, 0.25) is 0 Å². The van der Waals surface area contributed by atoms with Crippen molar-refractivity contribution in [3.8, 4) is 5.82 Å². The lowest BCUT2D eigenvalue weighted by molar-refractivity contribution is 0.0821. The highest BCUT2D eigenvalue weighted by Crippen LogP contribution is 2.26. The van der Waals surface area contributed by atoms with Gasteiger partial charge < -0.3 is 10.3 Å². The van der Waals surface area contributed by atoms with E-state index in [-0.39, 0.29) is 11.8 Å². The maximum atomic E-state index is 11.9. The molecule has 8 nitrogen and oxygen atoms in total. The number of nitrogens with zero attached hydrogens (tertiary/aromatic N) is 5. The van der Waals surface area contributed by atoms with Crippen molar-refractivity contribution in [3.05, 3.63) is 29.8 Å². The zero-order chi connectivity index (χ0) is 15.6. The average molecular weight is 289 g/mol. The summed E-state index contributed by atoms with van der Waals surface area (Å²) in [6.07, 6.45) is 3.11. The van der Waals surface area contributed by atoms with E-state index in [1.807, 2.05) is 13.8 Å². The molecule has 0 aliphatic heterocycles. The highest BCUT2D eigenvalue weighted by molar-refractivity contribution is 5.91. The van der Waals surface area contributed by atoms with Crippen LogP contribution in [0.3, 0.4) is 0 Å². The van der Waals surface area contributed by atoms with E-state index in [1.54, 1.807) is 31.0 Å². The van der Waals surface area contributed by atoms with Gasteiger partial charge in [-0.25, -0.2) is 20.5 Å². The van der Waals surface area contributed by atoms with Crippen molar-refractivity contribution in [2.24, 2.45) is 5.84 Å². The lowest BCUT2D eigenvalue weighted by atomic mass is 10.0. The van der Waals surface area contributed by atoms with Crippen molar-refractivity contribution in [3.63, 3.8) is 0 Å². The Morgan fingerprint density at radius 2 is 2.10 bits per heavy atom. The summed E-state index contributed by atoms with van der Waals surface area (Å²) in [5.41, 5.74) is 3.76. The van der Waals surface area contributed by atoms with Crippen LogP contribution < -0.4 is 11.3 Å². The van der Waals surface area contributed by atoms with E-state index >= 15 is 0 Å². The fraction of sp³-hybridized carbons (Fsp3) is 0.385. The minimum atomic E-state index is -0.161. The molecule has 0 aromatic carbocycles. The number of hydrogen-bond donors (Lipinski definition) is 2. The molecule has 2 aromatic rings. The first-order chi connectivity index (χ1) is 9.95. The maximum Gasteiger partial charge on any atom is 0.273 e. The monoisotopic (exact) mass is 289 g/mol. The van der Waals surface area contributed by atoms with Crippen LogP contribution in [-0.4, -0.2) is 44.7 Å². The minimum Gasteiger partial charge on any atom is -0.343 e. The Hall–Kier alpha value is -2.48. The molecule has 21 heavy (non-hydrogen) atoms. The molecule has 0 aliphatic carbocycles. The highest BCUT2D eigenvalue weighted by atomic mass is 16.2. The van der Waals surface area contributed by atoms with Gasteiger partial charge in [-0.15, -0.1) is 0 Å². The van der Waals surface area contributed by atoms with Crippen molar-refractivity contribution in [2.75, 3.05) is 19.5 Å². The van der Waals surface area contributed by atoms with Crippen LogP contribution in [0.4, 0.5) is 5.82 Å². The van der Waals surface area contributed by atoms with Crippen LogP contribution in [0.5, 0.6) is 0 Å². The van der Waals surface area contributed by atoms with Crippen LogP contribution in [0.15, 0.2) is 18.6 Å². The van der Waals surface area contributed by atoms with Crippen LogP contribution in [-0.2, 0) is 0 Å². The number of rotatable bonds is 4. The largest absolute Gasteiger partial charge is 0.343 e. The van der Waals surface area contributed by atoms with Gasteiger partial charge in [-0.3, -0.25) is 4.79 Å². The van der Waals surface area contributed by atoms with E-state index < -0.39 is 0 Å². The van der Waals surface area contributed by atoms with Gasteiger partial charge in [0.25, 0.3) is 5.91 Å². The molecular weight excluding hydrogens is 270 g/mol. The topological polar surface area (TPSA) is 102 Å². The van der Waals surface area contributed by atoms with Gasteiger partial charge in [0.05, 0.1) is 0 Å². The number of anilines is 1. The third kappa shape index (κ3) is 2.84. The molecule has 2 aromatic heterocycles. The zero-order valence-electron chi connectivity index (χ0n) is 12.5. The third-order valence-corrected chi connectivity index (χ3v) is 3.01. The van der Waals surface area contributed by atoms with Gasteiger partial charge in [-0.1, -0.05) is 13.8 Å². The second-order valence-electron chi connectivity index (χ2n) is 5.10. The SMILES string of the molecule is CC(C)c1c(NN)ncnc1-n1ccc(C(=O)N(C)C)n1. The predicted octanol–water partition coefficient (Wildman–Crippen LogP) is 0.773. The number of aromatic nitrogens is 4. The molecule has 0 aliphatic rings. The van der Waals surface area contributed by atoms with Crippen LogP contribution >= 0.6 is 0 Å². The Balaban J connectivity index is 2.50. The maximum absolute atomic E-state index is 11.9. The van der Waals surface area contributed by atoms with E-state index in [0.717, 1.165) is 5.56 Å². The Kier molecular flexibility index (Phi) is 4.18. The normalized spacial score (nSPS) is 10.8. The molecule has 0 bridgehead atoms. The molecule has 0 fully saturated rings. The molecule has 2 rings (SSSR count). The predicted molar refractivity (Wildman–Crippen MR) is 79.1 cm³/mol. The molecule has 112 valence electrons. The van der Waals surface area contributed by atoms with E-state index in [2.05, 4.69) is 20.5 Å². The fourth-order valence-corrected chi connectivity index (χ4v) is 2.00. The van der Waals surface area contributed by atoms with E-state index in [9.17, 15) is 4.79 Å². The number of hydrazine groups is 1. The summed E-state index contributed by atoms with van der Waals surface area (Å²) in [5.74, 6) is 6.63. The van der Waals surface area contributed by atoms with Gasteiger partial charge in [-0.2, -0.15) is 5.10 Å². The smallest absolute Gasteiger partial charge is 0.273 e. The second kappa shape index (κ2) is 5.88. The summed E-state index contributed by atoms with van der Waals surface area (Å²) in [6, 6.07) is 1.66. The van der Waals surface area contributed by atoms with Crippen LogP contribution in [0.1, 0.15) is 35.8 Å². The minimum absolute atomic E-state index is 0.143. The lowest BCUT2D eigenvalue weighted by Gasteiger charge is -2.15. The first-order valence-electron chi connectivity index (χ1n) is 6.55. The highest BCUT2D eigenvalue weighted by Gasteiger charge is 2.18. The molecular formula is C13H19N7O. The number of nitrogen functional groups attached to an aromatic ring is 1. The Morgan fingerprint density at radius 1 is 1.38 bits per heavy atom. The molecule has 0 saturated carbocycles. The number of hydrogen-bond acceptors (Lipinski definition) is 6.